The van der Waals surface area contributed by atoms with E-state index in [9.17, 15) is 5.11 Å². The lowest BCUT2D eigenvalue weighted by Gasteiger charge is -2.42. The van der Waals surface area contributed by atoms with Crippen molar-refractivity contribution in [2.24, 2.45) is 5.41 Å². The van der Waals surface area contributed by atoms with E-state index >= 15 is 0 Å². The van der Waals surface area contributed by atoms with Crippen molar-refractivity contribution in [1.82, 2.24) is 9.78 Å². The van der Waals surface area contributed by atoms with Crippen LogP contribution in [0.3, 0.4) is 0 Å². The Morgan fingerprint density at radius 2 is 1.84 bits per heavy atom. The topological polar surface area (TPSA) is 38.0 Å². The van der Waals surface area contributed by atoms with Crippen molar-refractivity contribution in [2.45, 2.75) is 70.4 Å². The first-order valence-electron chi connectivity index (χ1n) is 7.53. The van der Waals surface area contributed by atoms with Gasteiger partial charge in [0.25, 0.3) is 0 Å². The van der Waals surface area contributed by atoms with Crippen molar-refractivity contribution in [1.29, 1.82) is 0 Å². The molecule has 0 amide bonds. The summed E-state index contributed by atoms with van der Waals surface area (Å²) in [5.74, 6) is 0. The van der Waals surface area contributed by atoms with E-state index in [1.807, 2.05) is 11.6 Å². The van der Waals surface area contributed by atoms with Crippen LogP contribution in [-0.2, 0) is 12.1 Å². The van der Waals surface area contributed by atoms with E-state index in [4.69, 9.17) is 11.6 Å². The Morgan fingerprint density at radius 1 is 1.21 bits per heavy atom. The fourth-order valence-corrected chi connectivity index (χ4v) is 4.44. The number of aromatic nitrogens is 2. The molecule has 1 aromatic rings. The molecule has 0 radical (unpaired) electrons. The summed E-state index contributed by atoms with van der Waals surface area (Å²) >= 11 is 6.25. The van der Waals surface area contributed by atoms with Crippen molar-refractivity contribution >= 4 is 11.6 Å². The maximum absolute atomic E-state index is 11.0. The van der Waals surface area contributed by atoms with Gasteiger partial charge in [-0.2, -0.15) is 5.10 Å². The highest BCUT2D eigenvalue weighted by molar-refractivity contribution is 6.31. The normalized spacial score (nSPS) is 25.0. The van der Waals surface area contributed by atoms with Crippen LogP contribution in [0.25, 0.3) is 0 Å². The average Bonchev–Trinajstić information content (AvgIpc) is 3.01. The number of halogens is 1. The SMILES string of the molecule is CCn1ncc(Cl)c1C1(O)CCC2(CCCC2)CC1. The van der Waals surface area contributed by atoms with E-state index in [0.717, 1.165) is 37.9 Å². The van der Waals surface area contributed by atoms with Crippen molar-refractivity contribution in [2.75, 3.05) is 0 Å². The monoisotopic (exact) mass is 282 g/mol. The Balaban J connectivity index is 1.83. The second-order valence-electron chi connectivity index (χ2n) is 6.40. The molecule has 0 aromatic carbocycles. The molecular weight excluding hydrogens is 260 g/mol. The fraction of sp³-hybridized carbons (Fsp3) is 0.800. The van der Waals surface area contributed by atoms with Gasteiger partial charge in [-0.15, -0.1) is 0 Å². The molecule has 106 valence electrons. The van der Waals surface area contributed by atoms with Crippen molar-refractivity contribution in [3.05, 3.63) is 16.9 Å². The summed E-state index contributed by atoms with van der Waals surface area (Å²) in [5.41, 5.74) is 0.595. The van der Waals surface area contributed by atoms with Crippen LogP contribution in [0.15, 0.2) is 6.20 Å². The standard InChI is InChI=1S/C15H23ClN2O/c1-2-18-13(12(16)11-17-18)15(19)9-7-14(8-10-15)5-3-4-6-14/h11,19H,2-10H2,1H3. The molecule has 0 saturated heterocycles. The largest absolute Gasteiger partial charge is 0.384 e. The second-order valence-corrected chi connectivity index (χ2v) is 6.80. The molecule has 1 spiro atoms. The molecule has 0 atom stereocenters. The van der Waals surface area contributed by atoms with Gasteiger partial charge in [0.2, 0.25) is 0 Å². The lowest BCUT2D eigenvalue weighted by Crippen LogP contribution is -2.37. The molecular formula is C15H23ClN2O. The number of rotatable bonds is 2. The van der Waals surface area contributed by atoms with Crippen molar-refractivity contribution in [3.63, 3.8) is 0 Å². The summed E-state index contributed by atoms with van der Waals surface area (Å²) in [6.45, 7) is 2.80. The Bertz CT molecular complexity index is 453. The van der Waals surface area contributed by atoms with Crippen LogP contribution in [0.5, 0.6) is 0 Å². The average molecular weight is 283 g/mol. The van der Waals surface area contributed by atoms with Crippen LogP contribution in [0, 0.1) is 5.41 Å². The van der Waals surface area contributed by atoms with Gasteiger partial charge in [0.1, 0.15) is 5.60 Å². The van der Waals surface area contributed by atoms with Gasteiger partial charge >= 0.3 is 0 Å². The van der Waals surface area contributed by atoms with E-state index < -0.39 is 5.60 Å². The van der Waals surface area contributed by atoms with Crippen LogP contribution >= 0.6 is 11.6 Å². The number of hydrogen-bond donors (Lipinski definition) is 1. The first-order chi connectivity index (χ1) is 9.09. The van der Waals surface area contributed by atoms with Crippen LogP contribution in [0.2, 0.25) is 5.02 Å². The van der Waals surface area contributed by atoms with Crippen molar-refractivity contribution < 1.29 is 5.11 Å². The van der Waals surface area contributed by atoms with Crippen LogP contribution in [-0.4, -0.2) is 14.9 Å². The lowest BCUT2D eigenvalue weighted by atomic mass is 9.67. The van der Waals surface area contributed by atoms with E-state index in [1.165, 1.54) is 25.7 Å². The third kappa shape index (κ3) is 2.21. The molecule has 2 aliphatic rings. The first-order valence-corrected chi connectivity index (χ1v) is 7.91. The molecule has 0 aliphatic heterocycles. The van der Waals surface area contributed by atoms with E-state index in [1.54, 1.807) is 6.20 Å². The van der Waals surface area contributed by atoms with Crippen LogP contribution in [0.1, 0.15) is 64.0 Å². The number of nitrogens with zero attached hydrogens (tertiary/aromatic N) is 2. The van der Waals surface area contributed by atoms with Gasteiger partial charge < -0.3 is 5.11 Å². The molecule has 2 aliphatic carbocycles. The van der Waals surface area contributed by atoms with Crippen LogP contribution in [0.4, 0.5) is 0 Å². The Morgan fingerprint density at radius 3 is 2.42 bits per heavy atom. The molecule has 2 saturated carbocycles. The number of hydrogen-bond acceptors (Lipinski definition) is 2. The van der Waals surface area contributed by atoms with E-state index in [0.29, 0.717) is 10.4 Å². The highest BCUT2D eigenvalue weighted by atomic mass is 35.5. The molecule has 1 aromatic heterocycles. The van der Waals surface area contributed by atoms with Crippen molar-refractivity contribution in [3.8, 4) is 0 Å². The smallest absolute Gasteiger partial charge is 0.108 e. The minimum Gasteiger partial charge on any atom is -0.384 e. The third-order valence-corrected chi connectivity index (χ3v) is 5.61. The van der Waals surface area contributed by atoms with Gasteiger partial charge in [-0.3, -0.25) is 4.68 Å². The van der Waals surface area contributed by atoms with Gasteiger partial charge in [0, 0.05) is 6.54 Å². The summed E-state index contributed by atoms with van der Waals surface area (Å²) in [6, 6.07) is 0. The Hall–Kier alpha value is -0.540. The fourth-order valence-electron chi connectivity index (χ4n) is 4.12. The molecule has 19 heavy (non-hydrogen) atoms. The van der Waals surface area contributed by atoms with E-state index in [-0.39, 0.29) is 0 Å². The lowest BCUT2D eigenvalue weighted by molar-refractivity contribution is -0.0438. The minimum absolute atomic E-state index is 0.524. The zero-order valence-corrected chi connectivity index (χ0v) is 12.4. The zero-order chi connectivity index (χ0) is 13.5. The summed E-state index contributed by atoms with van der Waals surface area (Å²) in [4.78, 5) is 0. The highest BCUT2D eigenvalue weighted by Gasteiger charge is 2.45. The number of aliphatic hydroxyl groups is 1. The van der Waals surface area contributed by atoms with Gasteiger partial charge in [-0.1, -0.05) is 24.4 Å². The van der Waals surface area contributed by atoms with Gasteiger partial charge in [-0.25, -0.2) is 0 Å². The van der Waals surface area contributed by atoms with Gasteiger partial charge in [0.15, 0.2) is 0 Å². The molecule has 3 nitrogen and oxygen atoms in total. The van der Waals surface area contributed by atoms with Crippen LogP contribution < -0.4 is 0 Å². The maximum atomic E-state index is 11.0. The molecule has 4 heteroatoms. The minimum atomic E-state index is -0.766. The van der Waals surface area contributed by atoms with E-state index in [2.05, 4.69) is 5.10 Å². The molecule has 0 bridgehead atoms. The Labute approximate surface area is 120 Å². The summed E-state index contributed by atoms with van der Waals surface area (Å²) in [7, 11) is 0. The molecule has 1 N–H and O–H groups in total. The summed E-state index contributed by atoms with van der Waals surface area (Å²) in [5, 5.41) is 15.9. The predicted octanol–water partition coefficient (Wildman–Crippen LogP) is 3.88. The first kappa shape index (κ1) is 13.4. The Kier molecular flexibility index (Phi) is 3.38. The summed E-state index contributed by atoms with van der Waals surface area (Å²) in [6.07, 6.45) is 11.0. The van der Waals surface area contributed by atoms with Gasteiger partial charge in [0.05, 0.1) is 16.9 Å². The number of aryl methyl sites for hydroxylation is 1. The highest BCUT2D eigenvalue weighted by Crippen LogP contribution is 2.54. The third-order valence-electron chi connectivity index (χ3n) is 5.34. The molecule has 3 rings (SSSR count). The molecule has 1 heterocycles. The maximum Gasteiger partial charge on any atom is 0.108 e. The molecule has 0 unspecified atom stereocenters. The quantitative estimate of drug-likeness (QED) is 0.894. The predicted molar refractivity (Wildman–Crippen MR) is 76.2 cm³/mol. The zero-order valence-electron chi connectivity index (χ0n) is 11.7. The molecule has 2 fully saturated rings. The summed E-state index contributed by atoms with van der Waals surface area (Å²) < 4.78 is 1.86. The second kappa shape index (κ2) is 4.78. The van der Waals surface area contributed by atoms with Gasteiger partial charge in [-0.05, 0) is 50.9 Å².